The van der Waals surface area contributed by atoms with Crippen molar-refractivity contribution in [1.29, 1.82) is 0 Å². The van der Waals surface area contributed by atoms with E-state index in [1.165, 1.54) is 0 Å². The first-order valence-electron chi connectivity index (χ1n) is 7.58. The van der Waals surface area contributed by atoms with Crippen LogP contribution < -0.4 is 10.6 Å². The monoisotopic (exact) mass is 312 g/mol. The van der Waals surface area contributed by atoms with Crippen molar-refractivity contribution in [2.24, 2.45) is 0 Å². The first-order valence-corrected chi connectivity index (χ1v) is 7.96. The van der Waals surface area contributed by atoms with Crippen LogP contribution in [-0.4, -0.2) is 32.2 Å². The fourth-order valence-corrected chi connectivity index (χ4v) is 1.97. The Hall–Kier alpha value is -1.26. The number of benzene rings is 1. The van der Waals surface area contributed by atoms with E-state index in [1.54, 1.807) is 12.1 Å². The highest BCUT2D eigenvalue weighted by molar-refractivity contribution is 6.31. The van der Waals surface area contributed by atoms with Gasteiger partial charge in [0.05, 0.1) is 12.2 Å². The van der Waals surface area contributed by atoms with Crippen molar-refractivity contribution in [3.63, 3.8) is 0 Å². The second kappa shape index (κ2) is 10.5. The average Bonchev–Trinajstić information content (AvgIpc) is 2.49. The van der Waals surface area contributed by atoms with Gasteiger partial charge in [0.25, 0.3) is 5.91 Å². The number of amides is 1. The Kier molecular flexibility index (Phi) is 8.87. The molecule has 0 aromatic heterocycles. The third kappa shape index (κ3) is 6.82. The summed E-state index contributed by atoms with van der Waals surface area (Å²) in [6.45, 7) is 6.80. The molecule has 0 atom stereocenters. The molecule has 5 heteroatoms. The molecule has 0 radical (unpaired) electrons. The summed E-state index contributed by atoms with van der Waals surface area (Å²) in [5.41, 5.74) is 1.38. The van der Waals surface area contributed by atoms with Crippen LogP contribution in [0.15, 0.2) is 18.2 Å². The van der Waals surface area contributed by atoms with E-state index >= 15 is 0 Å². The lowest BCUT2D eigenvalue weighted by Crippen LogP contribution is -2.28. The molecule has 4 nitrogen and oxygen atoms in total. The lowest BCUT2D eigenvalue weighted by molar-refractivity contribution is 0.0913. The van der Waals surface area contributed by atoms with Crippen LogP contribution in [0.5, 0.6) is 0 Å². The SMILES string of the molecule is CCCCOCCNC(=O)c1cc(Cl)ccc1NCCC. The molecule has 1 aromatic carbocycles. The highest BCUT2D eigenvalue weighted by atomic mass is 35.5. The van der Waals surface area contributed by atoms with E-state index in [0.29, 0.717) is 23.7 Å². The van der Waals surface area contributed by atoms with Crippen LogP contribution in [0.25, 0.3) is 0 Å². The van der Waals surface area contributed by atoms with Crippen molar-refractivity contribution < 1.29 is 9.53 Å². The number of ether oxygens (including phenoxy) is 1. The number of rotatable bonds is 10. The van der Waals surface area contributed by atoms with Crippen molar-refractivity contribution in [1.82, 2.24) is 5.32 Å². The van der Waals surface area contributed by atoms with Crippen LogP contribution >= 0.6 is 11.6 Å². The number of anilines is 1. The molecule has 0 saturated carbocycles. The van der Waals surface area contributed by atoms with E-state index in [-0.39, 0.29) is 5.91 Å². The molecule has 0 fully saturated rings. The number of nitrogens with one attached hydrogen (secondary N) is 2. The number of hydrogen-bond donors (Lipinski definition) is 2. The fraction of sp³-hybridized carbons (Fsp3) is 0.562. The van der Waals surface area contributed by atoms with E-state index in [0.717, 1.165) is 38.1 Å². The third-order valence-electron chi connectivity index (χ3n) is 2.97. The van der Waals surface area contributed by atoms with Crippen molar-refractivity contribution >= 4 is 23.2 Å². The maximum absolute atomic E-state index is 12.2. The highest BCUT2D eigenvalue weighted by Gasteiger charge is 2.11. The van der Waals surface area contributed by atoms with Crippen LogP contribution in [-0.2, 0) is 4.74 Å². The highest BCUT2D eigenvalue weighted by Crippen LogP contribution is 2.20. The summed E-state index contributed by atoms with van der Waals surface area (Å²) in [4.78, 5) is 12.2. The van der Waals surface area contributed by atoms with Crippen molar-refractivity contribution in [2.75, 3.05) is 31.6 Å². The largest absolute Gasteiger partial charge is 0.384 e. The predicted molar refractivity (Wildman–Crippen MR) is 88.3 cm³/mol. The summed E-state index contributed by atoms with van der Waals surface area (Å²) < 4.78 is 5.42. The van der Waals surface area contributed by atoms with Gasteiger partial charge in [0.1, 0.15) is 0 Å². The van der Waals surface area contributed by atoms with Gasteiger partial charge in [-0.05, 0) is 31.0 Å². The molecule has 118 valence electrons. The van der Waals surface area contributed by atoms with Gasteiger partial charge < -0.3 is 15.4 Å². The van der Waals surface area contributed by atoms with Gasteiger partial charge in [0, 0.05) is 30.4 Å². The van der Waals surface area contributed by atoms with Gasteiger partial charge >= 0.3 is 0 Å². The Morgan fingerprint density at radius 1 is 1.19 bits per heavy atom. The lowest BCUT2D eigenvalue weighted by Gasteiger charge is -2.12. The molecule has 0 bridgehead atoms. The van der Waals surface area contributed by atoms with E-state index in [1.807, 2.05) is 6.07 Å². The quantitative estimate of drug-likeness (QED) is 0.648. The Labute approximate surface area is 132 Å². The average molecular weight is 313 g/mol. The van der Waals surface area contributed by atoms with E-state index < -0.39 is 0 Å². The van der Waals surface area contributed by atoms with Crippen LogP contribution in [0, 0.1) is 0 Å². The smallest absolute Gasteiger partial charge is 0.253 e. The summed E-state index contributed by atoms with van der Waals surface area (Å²) >= 11 is 5.98. The van der Waals surface area contributed by atoms with Gasteiger partial charge in [-0.3, -0.25) is 4.79 Å². The van der Waals surface area contributed by atoms with E-state index in [9.17, 15) is 4.79 Å². The zero-order chi connectivity index (χ0) is 15.5. The summed E-state index contributed by atoms with van der Waals surface area (Å²) in [5.74, 6) is -0.129. The molecule has 0 unspecified atom stereocenters. The van der Waals surface area contributed by atoms with Gasteiger partial charge in [0.2, 0.25) is 0 Å². The molecule has 0 aliphatic rings. The molecule has 1 aromatic rings. The van der Waals surface area contributed by atoms with Gasteiger partial charge in [-0.2, -0.15) is 0 Å². The van der Waals surface area contributed by atoms with Gasteiger partial charge in [0.15, 0.2) is 0 Å². The first-order chi connectivity index (χ1) is 10.2. The number of carbonyl (C=O) groups is 1. The third-order valence-corrected chi connectivity index (χ3v) is 3.20. The zero-order valence-corrected chi connectivity index (χ0v) is 13.6. The van der Waals surface area contributed by atoms with Crippen molar-refractivity contribution in [3.05, 3.63) is 28.8 Å². The molecule has 2 N–H and O–H groups in total. The van der Waals surface area contributed by atoms with Crippen molar-refractivity contribution in [2.45, 2.75) is 33.1 Å². The first kappa shape index (κ1) is 17.8. The van der Waals surface area contributed by atoms with Crippen molar-refractivity contribution in [3.8, 4) is 0 Å². The Bertz CT molecular complexity index is 438. The Morgan fingerprint density at radius 3 is 2.71 bits per heavy atom. The van der Waals surface area contributed by atoms with Crippen LogP contribution in [0.1, 0.15) is 43.5 Å². The lowest BCUT2D eigenvalue weighted by atomic mass is 10.1. The minimum absolute atomic E-state index is 0.129. The Balaban J connectivity index is 2.50. The summed E-state index contributed by atoms with van der Waals surface area (Å²) in [6.07, 6.45) is 3.16. The maximum Gasteiger partial charge on any atom is 0.253 e. The minimum atomic E-state index is -0.129. The molecule has 21 heavy (non-hydrogen) atoms. The second-order valence-corrected chi connectivity index (χ2v) is 5.27. The topological polar surface area (TPSA) is 50.4 Å². The molecular weight excluding hydrogens is 288 g/mol. The van der Waals surface area contributed by atoms with Crippen LogP contribution in [0.3, 0.4) is 0 Å². The number of carbonyl (C=O) groups excluding carboxylic acids is 1. The zero-order valence-electron chi connectivity index (χ0n) is 12.9. The molecule has 1 rings (SSSR count). The normalized spacial score (nSPS) is 10.4. The number of hydrogen-bond acceptors (Lipinski definition) is 3. The molecule has 0 heterocycles. The summed E-state index contributed by atoms with van der Waals surface area (Å²) in [6, 6.07) is 5.31. The molecule has 0 spiro atoms. The summed E-state index contributed by atoms with van der Waals surface area (Å²) in [7, 11) is 0. The standard InChI is InChI=1S/C16H25ClN2O2/c1-3-5-10-21-11-9-19-16(20)14-12-13(17)6-7-15(14)18-8-4-2/h6-7,12,18H,3-5,8-11H2,1-2H3,(H,19,20). The predicted octanol–water partition coefficient (Wildman–Crippen LogP) is 3.71. The van der Waals surface area contributed by atoms with Gasteiger partial charge in [-0.15, -0.1) is 0 Å². The van der Waals surface area contributed by atoms with Crippen LogP contribution in [0.2, 0.25) is 5.02 Å². The molecule has 1 amide bonds. The van der Waals surface area contributed by atoms with E-state index in [4.69, 9.17) is 16.3 Å². The molecular formula is C16H25ClN2O2. The number of halogens is 1. The Morgan fingerprint density at radius 2 is 2.00 bits per heavy atom. The van der Waals surface area contributed by atoms with Crippen LogP contribution in [0.4, 0.5) is 5.69 Å². The minimum Gasteiger partial charge on any atom is -0.384 e. The number of unbranched alkanes of at least 4 members (excludes halogenated alkanes) is 1. The second-order valence-electron chi connectivity index (χ2n) is 4.84. The maximum atomic E-state index is 12.2. The summed E-state index contributed by atoms with van der Waals surface area (Å²) in [5, 5.41) is 6.65. The molecule has 0 aliphatic carbocycles. The van der Waals surface area contributed by atoms with Gasteiger partial charge in [-0.1, -0.05) is 31.9 Å². The van der Waals surface area contributed by atoms with E-state index in [2.05, 4.69) is 24.5 Å². The molecule has 0 saturated heterocycles. The fourth-order valence-electron chi connectivity index (χ4n) is 1.80. The molecule has 0 aliphatic heterocycles. The van der Waals surface area contributed by atoms with Gasteiger partial charge in [-0.25, -0.2) is 0 Å².